The molecule has 4 N–H and O–H groups in total. The summed E-state index contributed by atoms with van der Waals surface area (Å²) < 4.78 is 0. The van der Waals surface area contributed by atoms with Gasteiger partial charge in [0.2, 0.25) is 11.8 Å². The summed E-state index contributed by atoms with van der Waals surface area (Å²) in [5.41, 5.74) is 0.802. The number of halogens is 2. The van der Waals surface area contributed by atoms with Gasteiger partial charge in [0.05, 0.1) is 11.1 Å². The zero-order valence-corrected chi connectivity index (χ0v) is 22.2. The van der Waals surface area contributed by atoms with Gasteiger partial charge in [-0.05, 0) is 54.7 Å². The third-order valence-electron chi connectivity index (χ3n) is 8.45. The first-order chi connectivity index (χ1) is 17.5. The number of aromatic amines is 1. The fraction of sp³-hybridized carbons (Fsp3) is 0.538. The van der Waals surface area contributed by atoms with Crippen LogP contribution in [0.5, 0.6) is 0 Å². The molecule has 0 unspecified atom stereocenters. The number of likely N-dealkylation sites (tertiary alicyclic amines) is 1. The van der Waals surface area contributed by atoms with E-state index < -0.39 is 30.4 Å². The minimum atomic E-state index is -0.933. The van der Waals surface area contributed by atoms with Crippen LogP contribution >= 0.6 is 23.2 Å². The minimum absolute atomic E-state index is 0.0515. The molecular formula is C26H30Cl2N4O5. The zero-order valence-electron chi connectivity index (χ0n) is 20.6. The number of aromatic nitrogens is 1. The molecule has 1 aliphatic carbocycles. The summed E-state index contributed by atoms with van der Waals surface area (Å²) in [6, 6.07) is 3.25. The Balaban J connectivity index is 1.36. The van der Waals surface area contributed by atoms with E-state index in [0.29, 0.717) is 52.6 Å². The maximum absolute atomic E-state index is 13.6. The second kappa shape index (κ2) is 9.60. The van der Waals surface area contributed by atoms with Gasteiger partial charge in [-0.2, -0.15) is 0 Å². The first kappa shape index (κ1) is 26.0. The number of hydrogen-bond donors (Lipinski definition) is 4. The molecular weight excluding hydrogens is 519 g/mol. The maximum atomic E-state index is 13.6. The van der Waals surface area contributed by atoms with E-state index in [2.05, 4.69) is 29.5 Å². The number of ketones is 1. The Morgan fingerprint density at radius 1 is 1.24 bits per heavy atom. The Morgan fingerprint density at radius 3 is 2.68 bits per heavy atom. The number of carbonyl (C=O) groups is 4. The molecule has 1 aromatic carbocycles. The van der Waals surface area contributed by atoms with Crippen LogP contribution in [0.1, 0.15) is 43.6 Å². The standard InChI is InChI=1S/C26H30Cl2N4O5/c1-26(2)15-10-32(25(37)19-9-14-16(28)7-13(27)8-18(14)30-19)22(21(15)26)24(36)31-17(20(34)11-33)4-3-12-5-6-29-23(12)35/h7-9,12,15,17,21-22,30,33H,3-6,10-11H2,1-2H3,(H,29,35)(H,31,36)/t12-,15+,17+,21+,22+/m1/s1. The van der Waals surface area contributed by atoms with E-state index in [9.17, 15) is 24.3 Å². The van der Waals surface area contributed by atoms with Crippen molar-refractivity contribution in [1.29, 1.82) is 0 Å². The number of H-pyrrole nitrogens is 1. The van der Waals surface area contributed by atoms with Crippen LogP contribution < -0.4 is 10.6 Å². The molecule has 0 spiro atoms. The fourth-order valence-corrected chi connectivity index (χ4v) is 6.74. The Hall–Kier alpha value is -2.62. The van der Waals surface area contributed by atoms with Crippen LogP contribution in [0.15, 0.2) is 18.2 Å². The largest absolute Gasteiger partial charge is 0.389 e. The van der Waals surface area contributed by atoms with Crippen LogP contribution in [0.25, 0.3) is 10.9 Å². The summed E-state index contributed by atoms with van der Waals surface area (Å²) in [7, 11) is 0. The summed E-state index contributed by atoms with van der Waals surface area (Å²) in [5, 5.41) is 16.6. The van der Waals surface area contributed by atoms with E-state index in [1.54, 1.807) is 23.1 Å². The van der Waals surface area contributed by atoms with E-state index >= 15 is 0 Å². The summed E-state index contributed by atoms with van der Waals surface area (Å²) in [5.74, 6) is -1.45. The van der Waals surface area contributed by atoms with E-state index in [4.69, 9.17) is 23.2 Å². The lowest BCUT2D eigenvalue weighted by Crippen LogP contribution is -2.54. The van der Waals surface area contributed by atoms with Crippen molar-refractivity contribution in [2.24, 2.45) is 23.2 Å². The molecule has 11 heteroatoms. The highest BCUT2D eigenvalue weighted by molar-refractivity contribution is 6.38. The smallest absolute Gasteiger partial charge is 0.271 e. The number of carbonyl (C=O) groups excluding carboxylic acids is 4. The molecule has 0 bridgehead atoms. The average molecular weight is 549 g/mol. The van der Waals surface area contributed by atoms with Crippen molar-refractivity contribution >= 4 is 57.6 Å². The van der Waals surface area contributed by atoms with E-state index in [0.717, 1.165) is 0 Å². The molecule has 2 aromatic rings. The molecule has 5 rings (SSSR count). The zero-order chi connectivity index (χ0) is 26.6. The van der Waals surface area contributed by atoms with Crippen LogP contribution in [-0.4, -0.2) is 70.3 Å². The highest BCUT2D eigenvalue weighted by atomic mass is 35.5. The Bertz CT molecular complexity index is 1290. The predicted molar refractivity (Wildman–Crippen MR) is 138 cm³/mol. The molecule has 0 radical (unpaired) electrons. The third kappa shape index (κ3) is 4.62. The van der Waals surface area contributed by atoms with Gasteiger partial charge < -0.3 is 25.6 Å². The minimum Gasteiger partial charge on any atom is -0.389 e. The molecule has 9 nitrogen and oxygen atoms in total. The highest BCUT2D eigenvalue weighted by Gasteiger charge is 2.69. The van der Waals surface area contributed by atoms with Crippen LogP contribution in [0, 0.1) is 23.2 Å². The molecule has 1 saturated carbocycles. The van der Waals surface area contributed by atoms with E-state index in [1.165, 1.54) is 0 Å². The van der Waals surface area contributed by atoms with Gasteiger partial charge in [0.25, 0.3) is 5.91 Å². The number of benzene rings is 1. The third-order valence-corrected chi connectivity index (χ3v) is 8.98. The summed E-state index contributed by atoms with van der Waals surface area (Å²) in [6.07, 6.45) is 1.34. The van der Waals surface area contributed by atoms with Crippen molar-refractivity contribution in [2.75, 3.05) is 19.7 Å². The number of piperidine rings is 1. The quantitative estimate of drug-likeness (QED) is 0.402. The summed E-state index contributed by atoms with van der Waals surface area (Å²) in [4.78, 5) is 56.3. The van der Waals surface area contributed by atoms with Crippen LogP contribution in [0.3, 0.4) is 0 Å². The number of nitrogens with one attached hydrogen (secondary N) is 3. The van der Waals surface area contributed by atoms with Crippen molar-refractivity contribution in [2.45, 2.75) is 45.2 Å². The van der Waals surface area contributed by atoms with Gasteiger partial charge >= 0.3 is 0 Å². The monoisotopic (exact) mass is 548 g/mol. The SMILES string of the molecule is CC1(C)[C@@H]2[C@@H](C(=O)N[C@@H](CC[C@@H]3CCNC3=O)C(=O)CO)N(C(=O)c3cc4c(Cl)cc(Cl)cc4[nH]3)C[C@@H]21. The lowest BCUT2D eigenvalue weighted by atomic mass is 9.95. The normalized spacial score (nSPS) is 26.6. The molecule has 5 atom stereocenters. The lowest BCUT2D eigenvalue weighted by molar-refractivity contribution is -0.132. The first-order valence-electron chi connectivity index (χ1n) is 12.5. The van der Waals surface area contributed by atoms with E-state index in [-0.39, 0.29) is 41.4 Å². The predicted octanol–water partition coefficient (Wildman–Crippen LogP) is 2.53. The van der Waals surface area contributed by atoms with Crippen LogP contribution in [0.4, 0.5) is 0 Å². The number of fused-ring (bicyclic) bond motifs is 2. The molecule has 1 aromatic heterocycles. The van der Waals surface area contributed by atoms with Crippen molar-refractivity contribution in [3.8, 4) is 0 Å². The molecule has 2 aliphatic heterocycles. The van der Waals surface area contributed by atoms with Gasteiger partial charge in [0.15, 0.2) is 5.78 Å². The number of nitrogens with zero attached hydrogens (tertiary/aromatic N) is 1. The number of aliphatic hydroxyl groups is 1. The van der Waals surface area contributed by atoms with Crippen molar-refractivity contribution in [3.05, 3.63) is 33.9 Å². The number of rotatable bonds is 8. The van der Waals surface area contributed by atoms with Gasteiger partial charge in [-0.3, -0.25) is 19.2 Å². The van der Waals surface area contributed by atoms with Gasteiger partial charge in [-0.25, -0.2) is 0 Å². The maximum Gasteiger partial charge on any atom is 0.271 e. The summed E-state index contributed by atoms with van der Waals surface area (Å²) in [6.45, 7) is 4.44. The molecule has 3 aliphatic rings. The molecule has 2 saturated heterocycles. The van der Waals surface area contributed by atoms with Gasteiger partial charge in [0.1, 0.15) is 18.3 Å². The molecule has 198 valence electrons. The number of Topliss-reactive ketones (excluding diaryl/α,β-unsaturated/α-hetero) is 1. The second-order valence-electron chi connectivity index (χ2n) is 10.9. The first-order valence-corrected chi connectivity index (χ1v) is 13.3. The highest BCUT2D eigenvalue weighted by Crippen LogP contribution is 2.65. The molecule has 37 heavy (non-hydrogen) atoms. The number of hydrogen-bond acceptors (Lipinski definition) is 5. The van der Waals surface area contributed by atoms with Gasteiger partial charge in [-0.15, -0.1) is 0 Å². The van der Waals surface area contributed by atoms with Crippen molar-refractivity contribution in [1.82, 2.24) is 20.5 Å². The molecule has 3 amide bonds. The van der Waals surface area contributed by atoms with Gasteiger partial charge in [-0.1, -0.05) is 37.0 Å². The molecule has 3 fully saturated rings. The average Bonchev–Trinajstić information content (AvgIpc) is 3.36. The lowest BCUT2D eigenvalue weighted by Gasteiger charge is -2.31. The van der Waals surface area contributed by atoms with Crippen molar-refractivity contribution < 1.29 is 24.3 Å². The Kier molecular flexibility index (Phi) is 6.75. The topological polar surface area (TPSA) is 132 Å². The van der Waals surface area contributed by atoms with Gasteiger partial charge in [0, 0.05) is 34.9 Å². The van der Waals surface area contributed by atoms with Crippen molar-refractivity contribution in [3.63, 3.8) is 0 Å². The van der Waals surface area contributed by atoms with Crippen LogP contribution in [-0.2, 0) is 14.4 Å². The van der Waals surface area contributed by atoms with E-state index in [1.807, 2.05) is 0 Å². The number of amides is 3. The summed E-state index contributed by atoms with van der Waals surface area (Å²) >= 11 is 12.4. The second-order valence-corrected chi connectivity index (χ2v) is 11.8. The fourth-order valence-electron chi connectivity index (χ4n) is 6.19. The van der Waals surface area contributed by atoms with Crippen LogP contribution in [0.2, 0.25) is 10.0 Å². The Morgan fingerprint density at radius 2 is 2.00 bits per heavy atom. The Labute approximate surface area is 224 Å². The molecule has 3 heterocycles. The number of aliphatic hydroxyl groups excluding tert-OH is 1.